The van der Waals surface area contributed by atoms with Crippen molar-refractivity contribution in [2.75, 3.05) is 0 Å². The fraction of sp³-hybridized carbons (Fsp3) is 0.222. The summed E-state index contributed by atoms with van der Waals surface area (Å²) < 4.78 is 40.6. The molecule has 0 aliphatic carbocycles. The molecule has 0 saturated heterocycles. The van der Waals surface area contributed by atoms with Gasteiger partial charge < -0.3 is 5.11 Å². The zero-order valence-corrected chi connectivity index (χ0v) is 14.6. The maximum atomic E-state index is 13.1. The van der Waals surface area contributed by atoms with Crippen LogP contribution in [0, 0.1) is 13.8 Å². The second-order valence-electron chi connectivity index (χ2n) is 6.01. The first kappa shape index (κ1) is 18.3. The van der Waals surface area contributed by atoms with Gasteiger partial charge in [-0.15, -0.1) is 0 Å². The minimum absolute atomic E-state index is 0.0215. The van der Waals surface area contributed by atoms with Crippen LogP contribution in [0.2, 0.25) is 5.02 Å². The van der Waals surface area contributed by atoms with Gasteiger partial charge in [0.1, 0.15) is 5.75 Å². The first-order valence-electron chi connectivity index (χ1n) is 7.64. The number of halogens is 4. The smallest absolute Gasteiger partial charge is 0.416 e. The van der Waals surface area contributed by atoms with Gasteiger partial charge in [0.15, 0.2) is 6.29 Å². The van der Waals surface area contributed by atoms with Gasteiger partial charge in [0.25, 0.3) is 0 Å². The second kappa shape index (κ2) is 6.32. The van der Waals surface area contributed by atoms with Gasteiger partial charge in [-0.1, -0.05) is 11.6 Å². The van der Waals surface area contributed by atoms with E-state index in [0.717, 1.165) is 12.1 Å². The molecule has 0 saturated carbocycles. The largest absolute Gasteiger partial charge is 0.507 e. The Bertz CT molecular complexity index is 1030. The Morgan fingerprint density at radius 3 is 2.58 bits per heavy atom. The molecule has 4 nitrogen and oxygen atoms in total. The van der Waals surface area contributed by atoms with E-state index in [-0.39, 0.29) is 28.4 Å². The predicted molar refractivity (Wildman–Crippen MR) is 91.8 cm³/mol. The van der Waals surface area contributed by atoms with Crippen LogP contribution in [0.4, 0.5) is 13.2 Å². The number of alkyl halides is 3. The van der Waals surface area contributed by atoms with E-state index in [9.17, 15) is 23.1 Å². The van der Waals surface area contributed by atoms with Gasteiger partial charge in [-0.2, -0.15) is 18.3 Å². The fourth-order valence-corrected chi connectivity index (χ4v) is 3.08. The maximum absolute atomic E-state index is 13.1. The van der Waals surface area contributed by atoms with Crippen LogP contribution in [-0.4, -0.2) is 21.2 Å². The predicted octanol–water partition coefficient (Wildman–Crippen LogP) is 4.89. The number of benzene rings is 2. The maximum Gasteiger partial charge on any atom is 0.416 e. The molecule has 2 aromatic carbocycles. The highest BCUT2D eigenvalue weighted by Gasteiger charge is 2.31. The highest BCUT2D eigenvalue weighted by atomic mass is 35.5. The molecule has 1 N–H and O–H groups in total. The van der Waals surface area contributed by atoms with Gasteiger partial charge >= 0.3 is 6.18 Å². The fourth-order valence-electron chi connectivity index (χ4n) is 2.87. The Balaban J connectivity index is 2.15. The molecule has 8 heteroatoms. The van der Waals surface area contributed by atoms with Crippen molar-refractivity contribution in [2.24, 2.45) is 0 Å². The van der Waals surface area contributed by atoms with Gasteiger partial charge in [0.05, 0.1) is 23.2 Å². The lowest BCUT2D eigenvalue weighted by Gasteiger charge is -2.10. The summed E-state index contributed by atoms with van der Waals surface area (Å²) in [5.74, 6) is -0.265. The molecule has 0 atom stereocenters. The van der Waals surface area contributed by atoms with Gasteiger partial charge in [0, 0.05) is 21.7 Å². The number of aldehydes is 1. The molecule has 0 bridgehead atoms. The molecule has 3 rings (SSSR count). The van der Waals surface area contributed by atoms with Gasteiger partial charge in [-0.25, -0.2) is 0 Å². The van der Waals surface area contributed by atoms with E-state index < -0.39 is 11.7 Å². The first-order valence-corrected chi connectivity index (χ1v) is 8.01. The Morgan fingerprint density at radius 1 is 1.27 bits per heavy atom. The zero-order valence-electron chi connectivity index (χ0n) is 13.9. The number of phenols is 1. The SMILES string of the molecule is Cc1cc(C(F)(F)F)cc2c(C)n(Cc3c(Cl)ccc(C=O)c3O)nc12. The Morgan fingerprint density at radius 2 is 1.96 bits per heavy atom. The monoisotopic (exact) mass is 382 g/mol. The molecule has 0 fully saturated rings. The topological polar surface area (TPSA) is 55.1 Å². The van der Waals surface area contributed by atoms with Crippen molar-refractivity contribution in [3.63, 3.8) is 0 Å². The van der Waals surface area contributed by atoms with Crippen LogP contribution in [0.5, 0.6) is 5.75 Å². The molecule has 1 heterocycles. The van der Waals surface area contributed by atoms with Crippen LogP contribution >= 0.6 is 11.6 Å². The molecule has 0 aliphatic rings. The van der Waals surface area contributed by atoms with Crippen LogP contribution < -0.4 is 0 Å². The average molecular weight is 383 g/mol. The third kappa shape index (κ3) is 3.03. The number of fused-ring (bicyclic) bond motifs is 1. The van der Waals surface area contributed by atoms with E-state index in [1.165, 1.54) is 16.8 Å². The molecule has 136 valence electrons. The third-order valence-corrected chi connectivity index (χ3v) is 4.67. The van der Waals surface area contributed by atoms with Gasteiger partial charge in [0.2, 0.25) is 0 Å². The van der Waals surface area contributed by atoms with Crippen molar-refractivity contribution in [3.05, 3.63) is 57.2 Å². The van der Waals surface area contributed by atoms with E-state index in [0.29, 0.717) is 28.4 Å². The first-order chi connectivity index (χ1) is 12.1. The molecule has 0 aliphatic heterocycles. The zero-order chi connectivity index (χ0) is 19.2. The summed E-state index contributed by atoms with van der Waals surface area (Å²) in [6, 6.07) is 4.98. The minimum atomic E-state index is -4.45. The van der Waals surface area contributed by atoms with Crippen molar-refractivity contribution in [3.8, 4) is 5.75 Å². The summed E-state index contributed by atoms with van der Waals surface area (Å²) in [5.41, 5.74) is 0.955. The third-order valence-electron chi connectivity index (χ3n) is 4.32. The number of nitrogens with zero attached hydrogens (tertiary/aromatic N) is 2. The number of rotatable bonds is 3. The number of hydrogen-bond acceptors (Lipinski definition) is 3. The Kier molecular flexibility index (Phi) is 4.44. The summed E-state index contributed by atoms with van der Waals surface area (Å²) in [5, 5.41) is 15.2. The number of aryl methyl sites for hydroxylation is 2. The molecule has 26 heavy (non-hydrogen) atoms. The number of aromatic nitrogens is 2. The van der Waals surface area contributed by atoms with Crippen LogP contribution in [0.1, 0.15) is 32.7 Å². The minimum Gasteiger partial charge on any atom is -0.507 e. The Labute approximate surface area is 151 Å². The van der Waals surface area contributed by atoms with Crippen LogP contribution in [0.15, 0.2) is 24.3 Å². The number of aromatic hydroxyl groups is 1. The van der Waals surface area contributed by atoms with Gasteiger partial charge in [-0.05, 0) is 43.7 Å². The van der Waals surface area contributed by atoms with Crippen molar-refractivity contribution in [1.29, 1.82) is 0 Å². The molecule has 3 aromatic rings. The van der Waals surface area contributed by atoms with E-state index in [1.54, 1.807) is 13.8 Å². The number of carbonyl (C=O) groups is 1. The summed E-state index contributed by atoms with van der Waals surface area (Å²) >= 11 is 6.11. The standard InChI is InChI=1S/C18H14ClF3N2O2/c1-9-5-12(18(20,21)22)6-13-10(2)24(23-16(9)13)7-14-15(19)4-3-11(8-25)17(14)26/h3-6,8,26H,7H2,1-2H3. The molecule has 0 amide bonds. The van der Waals surface area contributed by atoms with Gasteiger partial charge in [-0.3, -0.25) is 9.48 Å². The van der Waals surface area contributed by atoms with E-state index in [1.807, 2.05) is 0 Å². The highest BCUT2D eigenvalue weighted by molar-refractivity contribution is 6.31. The summed E-state index contributed by atoms with van der Waals surface area (Å²) in [6.07, 6.45) is -3.95. The van der Waals surface area contributed by atoms with Crippen LogP contribution in [-0.2, 0) is 12.7 Å². The molecular weight excluding hydrogens is 369 g/mol. The van der Waals surface area contributed by atoms with Crippen molar-refractivity contribution < 1.29 is 23.1 Å². The molecule has 1 aromatic heterocycles. The quantitative estimate of drug-likeness (QED) is 0.656. The lowest BCUT2D eigenvalue weighted by Crippen LogP contribution is -2.05. The number of carbonyl (C=O) groups excluding carboxylic acids is 1. The van der Waals surface area contributed by atoms with Crippen molar-refractivity contribution >= 4 is 28.8 Å². The summed E-state index contributed by atoms with van der Waals surface area (Å²) in [6.45, 7) is 3.23. The van der Waals surface area contributed by atoms with Crippen molar-refractivity contribution in [1.82, 2.24) is 9.78 Å². The lowest BCUT2D eigenvalue weighted by molar-refractivity contribution is -0.137. The summed E-state index contributed by atoms with van der Waals surface area (Å²) in [7, 11) is 0. The normalized spacial score (nSPS) is 11.9. The number of hydrogen-bond donors (Lipinski definition) is 1. The molecule has 0 spiro atoms. The Hall–Kier alpha value is -2.54. The number of phenolic OH excluding ortho intramolecular Hbond substituents is 1. The average Bonchev–Trinajstić information content (AvgIpc) is 2.88. The van der Waals surface area contributed by atoms with E-state index in [4.69, 9.17) is 11.6 Å². The van der Waals surface area contributed by atoms with Crippen LogP contribution in [0.3, 0.4) is 0 Å². The summed E-state index contributed by atoms with van der Waals surface area (Å²) in [4.78, 5) is 11.0. The highest BCUT2D eigenvalue weighted by Crippen LogP contribution is 2.35. The molecule has 0 unspecified atom stereocenters. The molecular formula is C18H14ClF3N2O2. The van der Waals surface area contributed by atoms with Crippen LogP contribution in [0.25, 0.3) is 10.9 Å². The second-order valence-corrected chi connectivity index (χ2v) is 6.42. The van der Waals surface area contributed by atoms with E-state index >= 15 is 0 Å². The van der Waals surface area contributed by atoms with E-state index in [2.05, 4.69) is 5.10 Å². The lowest BCUT2D eigenvalue weighted by atomic mass is 10.1. The molecule has 0 radical (unpaired) electrons. The van der Waals surface area contributed by atoms with Crippen molar-refractivity contribution in [2.45, 2.75) is 26.6 Å².